The molecule has 1 heterocycles. The van der Waals surface area contributed by atoms with Gasteiger partial charge in [0, 0.05) is 22.0 Å². The van der Waals surface area contributed by atoms with Gasteiger partial charge in [-0.3, -0.25) is 9.59 Å². The maximum absolute atomic E-state index is 12.3. The number of nitrogens with zero attached hydrogens (tertiary/aromatic N) is 2. The second-order valence-electron chi connectivity index (χ2n) is 5.34. The summed E-state index contributed by atoms with van der Waals surface area (Å²) in [5.41, 5.74) is 1.57. The van der Waals surface area contributed by atoms with E-state index in [0.29, 0.717) is 10.7 Å². The number of aliphatic carboxylic acids is 1. The molecule has 23 heavy (non-hydrogen) atoms. The van der Waals surface area contributed by atoms with Crippen LogP contribution in [0.2, 0.25) is 5.02 Å². The van der Waals surface area contributed by atoms with E-state index >= 15 is 0 Å². The standard InChI is InChI=1S/C16H17ClN2O3S/c1-10(2)19(8-15(21)22)14(20)7-13-9-23-16(18-13)11-3-5-12(17)6-4-11/h3-6,9-10H,7-8H2,1-2H3,(H,21,22). The number of amides is 1. The minimum absolute atomic E-state index is 0.0928. The van der Waals surface area contributed by atoms with Crippen molar-refractivity contribution in [3.8, 4) is 10.6 Å². The number of carbonyl (C=O) groups is 2. The summed E-state index contributed by atoms with van der Waals surface area (Å²) in [6.07, 6.45) is 0.0928. The monoisotopic (exact) mass is 352 g/mol. The summed E-state index contributed by atoms with van der Waals surface area (Å²) < 4.78 is 0. The van der Waals surface area contributed by atoms with Crippen molar-refractivity contribution in [2.24, 2.45) is 0 Å². The van der Waals surface area contributed by atoms with Crippen molar-refractivity contribution in [2.75, 3.05) is 6.54 Å². The molecule has 1 amide bonds. The Labute approximate surface area is 143 Å². The van der Waals surface area contributed by atoms with E-state index in [0.717, 1.165) is 10.6 Å². The van der Waals surface area contributed by atoms with Crippen LogP contribution in [0.4, 0.5) is 0 Å². The summed E-state index contributed by atoms with van der Waals surface area (Å²) in [4.78, 5) is 28.9. The van der Waals surface area contributed by atoms with Gasteiger partial charge in [0.15, 0.2) is 0 Å². The third kappa shape index (κ3) is 4.77. The highest BCUT2D eigenvalue weighted by atomic mass is 35.5. The molecule has 0 bridgehead atoms. The van der Waals surface area contributed by atoms with Gasteiger partial charge < -0.3 is 10.0 Å². The molecule has 0 unspecified atom stereocenters. The van der Waals surface area contributed by atoms with E-state index in [1.807, 2.05) is 17.5 Å². The predicted molar refractivity (Wildman–Crippen MR) is 90.7 cm³/mol. The molecule has 0 radical (unpaired) electrons. The van der Waals surface area contributed by atoms with Crippen molar-refractivity contribution in [3.05, 3.63) is 40.4 Å². The third-order valence-corrected chi connectivity index (χ3v) is 4.42. The molecule has 7 heteroatoms. The molecule has 2 aromatic rings. The van der Waals surface area contributed by atoms with Crippen LogP contribution in [0.5, 0.6) is 0 Å². The molecule has 0 fully saturated rings. The average molecular weight is 353 g/mol. The fraction of sp³-hybridized carbons (Fsp3) is 0.312. The molecule has 1 N–H and O–H groups in total. The summed E-state index contributed by atoms with van der Waals surface area (Å²) in [5.74, 6) is -1.26. The van der Waals surface area contributed by atoms with Crippen LogP contribution >= 0.6 is 22.9 Å². The Morgan fingerprint density at radius 3 is 2.52 bits per heavy atom. The number of thiazole rings is 1. The van der Waals surface area contributed by atoms with E-state index < -0.39 is 5.97 Å². The molecule has 1 aromatic carbocycles. The molecule has 1 aromatic heterocycles. The number of aromatic nitrogens is 1. The molecule has 2 rings (SSSR count). The maximum atomic E-state index is 12.3. The van der Waals surface area contributed by atoms with E-state index in [4.69, 9.17) is 16.7 Å². The molecule has 0 atom stereocenters. The largest absolute Gasteiger partial charge is 0.480 e. The van der Waals surface area contributed by atoms with Gasteiger partial charge in [0.25, 0.3) is 0 Å². The molecule has 0 saturated heterocycles. The first-order valence-electron chi connectivity index (χ1n) is 7.08. The fourth-order valence-corrected chi connectivity index (χ4v) is 3.03. The summed E-state index contributed by atoms with van der Waals surface area (Å²) in [5, 5.41) is 12.2. The van der Waals surface area contributed by atoms with E-state index in [-0.39, 0.29) is 24.9 Å². The van der Waals surface area contributed by atoms with Crippen molar-refractivity contribution in [3.63, 3.8) is 0 Å². The summed E-state index contributed by atoms with van der Waals surface area (Å²) >= 11 is 7.31. The number of carboxylic acid groups (broad SMARTS) is 1. The minimum atomic E-state index is -1.02. The number of carbonyl (C=O) groups excluding carboxylic acids is 1. The normalized spacial score (nSPS) is 10.8. The van der Waals surface area contributed by atoms with Crippen LogP contribution in [-0.2, 0) is 16.0 Å². The fourth-order valence-electron chi connectivity index (χ4n) is 2.07. The van der Waals surface area contributed by atoms with Gasteiger partial charge in [-0.15, -0.1) is 11.3 Å². The molecular formula is C16H17ClN2O3S. The quantitative estimate of drug-likeness (QED) is 0.865. The number of benzene rings is 1. The first kappa shape index (κ1) is 17.4. The van der Waals surface area contributed by atoms with Crippen molar-refractivity contribution >= 4 is 34.8 Å². The van der Waals surface area contributed by atoms with Gasteiger partial charge in [0.2, 0.25) is 5.91 Å². The van der Waals surface area contributed by atoms with Crippen molar-refractivity contribution < 1.29 is 14.7 Å². The first-order chi connectivity index (χ1) is 10.9. The Balaban J connectivity index is 2.10. The zero-order valence-electron chi connectivity index (χ0n) is 12.8. The topological polar surface area (TPSA) is 70.5 Å². The van der Waals surface area contributed by atoms with Crippen LogP contribution < -0.4 is 0 Å². The van der Waals surface area contributed by atoms with Crippen LogP contribution in [-0.4, -0.2) is 39.5 Å². The molecular weight excluding hydrogens is 336 g/mol. The lowest BCUT2D eigenvalue weighted by Crippen LogP contribution is -2.41. The third-order valence-electron chi connectivity index (χ3n) is 3.22. The van der Waals surface area contributed by atoms with Gasteiger partial charge in [0.1, 0.15) is 11.6 Å². The summed E-state index contributed by atoms with van der Waals surface area (Å²) in [6, 6.07) is 7.15. The number of rotatable bonds is 6. The smallest absolute Gasteiger partial charge is 0.323 e. The molecule has 122 valence electrons. The zero-order chi connectivity index (χ0) is 17.0. The maximum Gasteiger partial charge on any atom is 0.323 e. The highest BCUT2D eigenvalue weighted by molar-refractivity contribution is 7.13. The van der Waals surface area contributed by atoms with Crippen molar-refractivity contribution in [1.82, 2.24) is 9.88 Å². The lowest BCUT2D eigenvalue weighted by Gasteiger charge is -2.24. The van der Waals surface area contributed by atoms with Crippen LogP contribution in [0.3, 0.4) is 0 Å². The van der Waals surface area contributed by atoms with Crippen molar-refractivity contribution in [1.29, 1.82) is 0 Å². The molecule has 0 spiro atoms. The van der Waals surface area contributed by atoms with Gasteiger partial charge in [-0.1, -0.05) is 23.7 Å². The van der Waals surface area contributed by atoms with Crippen LogP contribution in [0, 0.1) is 0 Å². The van der Waals surface area contributed by atoms with E-state index in [1.54, 1.807) is 26.0 Å². The van der Waals surface area contributed by atoms with Gasteiger partial charge >= 0.3 is 5.97 Å². The molecule has 0 aliphatic rings. The second-order valence-corrected chi connectivity index (χ2v) is 6.63. The van der Waals surface area contributed by atoms with Crippen LogP contribution in [0.1, 0.15) is 19.5 Å². The number of hydrogen-bond acceptors (Lipinski definition) is 4. The molecule has 0 aliphatic heterocycles. The SMILES string of the molecule is CC(C)N(CC(=O)O)C(=O)Cc1csc(-c2ccc(Cl)cc2)n1. The number of halogens is 1. The second kappa shape index (κ2) is 7.57. The number of carboxylic acids is 1. The van der Waals surface area contributed by atoms with Crippen LogP contribution in [0.25, 0.3) is 10.6 Å². The van der Waals surface area contributed by atoms with E-state index in [9.17, 15) is 9.59 Å². The highest BCUT2D eigenvalue weighted by Gasteiger charge is 2.21. The Kier molecular flexibility index (Phi) is 5.74. The van der Waals surface area contributed by atoms with Gasteiger partial charge in [-0.25, -0.2) is 4.98 Å². The lowest BCUT2D eigenvalue weighted by molar-refractivity contribution is -0.145. The highest BCUT2D eigenvalue weighted by Crippen LogP contribution is 2.25. The summed E-state index contributed by atoms with van der Waals surface area (Å²) in [7, 11) is 0. The van der Waals surface area contributed by atoms with E-state index in [1.165, 1.54) is 16.2 Å². The lowest BCUT2D eigenvalue weighted by atomic mass is 10.2. The predicted octanol–water partition coefficient (Wildman–Crippen LogP) is 3.33. The molecule has 5 nitrogen and oxygen atoms in total. The minimum Gasteiger partial charge on any atom is -0.480 e. The Bertz CT molecular complexity index is 698. The summed E-state index contributed by atoms with van der Waals surface area (Å²) in [6.45, 7) is 3.28. The first-order valence-corrected chi connectivity index (χ1v) is 8.34. The molecule has 0 aliphatic carbocycles. The van der Waals surface area contributed by atoms with Gasteiger partial charge in [-0.2, -0.15) is 0 Å². The Morgan fingerprint density at radius 1 is 1.30 bits per heavy atom. The Morgan fingerprint density at radius 2 is 1.96 bits per heavy atom. The molecule has 0 saturated carbocycles. The van der Waals surface area contributed by atoms with Gasteiger partial charge in [0.05, 0.1) is 12.1 Å². The number of hydrogen-bond donors (Lipinski definition) is 1. The van der Waals surface area contributed by atoms with Crippen molar-refractivity contribution in [2.45, 2.75) is 26.3 Å². The average Bonchev–Trinajstić information content (AvgIpc) is 2.93. The Hall–Kier alpha value is -1.92. The van der Waals surface area contributed by atoms with Crippen LogP contribution in [0.15, 0.2) is 29.6 Å². The van der Waals surface area contributed by atoms with E-state index in [2.05, 4.69) is 4.98 Å². The van der Waals surface area contributed by atoms with Gasteiger partial charge in [-0.05, 0) is 26.0 Å². The zero-order valence-corrected chi connectivity index (χ0v) is 14.4.